The Labute approximate surface area is 106 Å². The maximum absolute atomic E-state index is 3.61. The average Bonchev–Trinajstić information content (AvgIpc) is 2.30. The Morgan fingerprint density at radius 3 is 3.00 bits per heavy atom. The maximum atomic E-state index is 3.61. The summed E-state index contributed by atoms with van der Waals surface area (Å²) in [7, 11) is 2.23. The highest BCUT2D eigenvalue weighted by molar-refractivity contribution is 9.10. The molecule has 0 aliphatic carbocycles. The second-order valence-corrected chi connectivity index (χ2v) is 5.32. The summed E-state index contributed by atoms with van der Waals surface area (Å²) in [5.41, 5.74) is 1.42. The molecule has 88 valence electrons. The van der Waals surface area contributed by atoms with Crippen molar-refractivity contribution < 1.29 is 0 Å². The zero-order valence-corrected chi connectivity index (χ0v) is 11.3. The van der Waals surface area contributed by atoms with Crippen molar-refractivity contribution in [1.29, 1.82) is 0 Å². The molecule has 1 fully saturated rings. The van der Waals surface area contributed by atoms with Gasteiger partial charge in [0.25, 0.3) is 0 Å². The van der Waals surface area contributed by atoms with E-state index in [9.17, 15) is 0 Å². The first-order valence-electron chi connectivity index (χ1n) is 5.92. The molecule has 16 heavy (non-hydrogen) atoms. The molecular weight excluding hydrogens is 264 g/mol. The minimum Gasteiger partial charge on any atom is -0.314 e. The van der Waals surface area contributed by atoms with E-state index in [1.807, 2.05) is 0 Å². The van der Waals surface area contributed by atoms with Gasteiger partial charge in [-0.25, -0.2) is 0 Å². The fourth-order valence-corrected chi connectivity index (χ4v) is 2.69. The van der Waals surface area contributed by atoms with Gasteiger partial charge in [0.2, 0.25) is 0 Å². The normalized spacial score (nSPS) is 22.2. The van der Waals surface area contributed by atoms with Gasteiger partial charge in [-0.05, 0) is 31.5 Å². The molecule has 1 atom stereocenters. The monoisotopic (exact) mass is 282 g/mol. The van der Waals surface area contributed by atoms with Crippen LogP contribution in [0.1, 0.15) is 12.0 Å². The molecule has 3 heteroatoms. The summed E-state index contributed by atoms with van der Waals surface area (Å²) in [6.07, 6.45) is 2.38. The van der Waals surface area contributed by atoms with Gasteiger partial charge >= 0.3 is 0 Å². The highest BCUT2D eigenvalue weighted by atomic mass is 79.9. The third-order valence-electron chi connectivity index (χ3n) is 3.35. The van der Waals surface area contributed by atoms with E-state index in [1.165, 1.54) is 23.0 Å². The molecule has 2 nitrogen and oxygen atoms in total. The molecule has 0 saturated carbocycles. The van der Waals surface area contributed by atoms with Crippen LogP contribution in [0.15, 0.2) is 28.7 Å². The van der Waals surface area contributed by atoms with Crippen molar-refractivity contribution >= 4 is 15.9 Å². The number of rotatable bonds is 3. The number of nitrogens with zero attached hydrogens (tertiary/aromatic N) is 1. The summed E-state index contributed by atoms with van der Waals surface area (Å²) >= 11 is 3.61. The lowest BCUT2D eigenvalue weighted by molar-refractivity contribution is 0.190. The zero-order chi connectivity index (χ0) is 11.4. The zero-order valence-electron chi connectivity index (χ0n) is 9.75. The summed E-state index contributed by atoms with van der Waals surface area (Å²) in [5.74, 6) is 0. The average molecular weight is 283 g/mol. The molecule has 1 N–H and O–H groups in total. The Hall–Kier alpha value is -0.380. The maximum Gasteiger partial charge on any atom is 0.0221 e. The Kier molecular flexibility index (Phi) is 4.38. The summed E-state index contributed by atoms with van der Waals surface area (Å²) in [5, 5.41) is 3.46. The molecule has 1 heterocycles. The molecule has 1 aromatic rings. The summed E-state index contributed by atoms with van der Waals surface area (Å²) in [4.78, 5) is 2.47. The van der Waals surface area contributed by atoms with Crippen LogP contribution in [0.5, 0.6) is 0 Å². The predicted octanol–water partition coefficient (Wildman–Crippen LogP) is 2.29. The van der Waals surface area contributed by atoms with Crippen LogP contribution < -0.4 is 5.32 Å². The van der Waals surface area contributed by atoms with Crippen LogP contribution in [0, 0.1) is 0 Å². The number of likely N-dealkylation sites (N-methyl/N-ethyl adjacent to an activating group) is 1. The Bertz CT molecular complexity index is 340. The Morgan fingerprint density at radius 1 is 1.44 bits per heavy atom. The molecule has 0 amide bonds. The van der Waals surface area contributed by atoms with Crippen LogP contribution >= 0.6 is 15.9 Å². The molecule has 0 aromatic heterocycles. The predicted molar refractivity (Wildman–Crippen MR) is 71.8 cm³/mol. The number of piperazine rings is 1. The SMILES string of the molecule is CN1CCNCC1CCc1ccccc1Br. The van der Waals surface area contributed by atoms with Crippen LogP contribution in [-0.4, -0.2) is 37.6 Å². The number of hydrogen-bond donors (Lipinski definition) is 1. The third kappa shape index (κ3) is 3.06. The van der Waals surface area contributed by atoms with Crippen molar-refractivity contribution in [2.45, 2.75) is 18.9 Å². The highest BCUT2D eigenvalue weighted by Crippen LogP contribution is 2.19. The van der Waals surface area contributed by atoms with Crippen molar-refractivity contribution in [3.8, 4) is 0 Å². The first kappa shape index (κ1) is 12.1. The van der Waals surface area contributed by atoms with Gasteiger partial charge in [0.1, 0.15) is 0 Å². The number of hydrogen-bond acceptors (Lipinski definition) is 2. The van der Waals surface area contributed by atoms with Gasteiger partial charge in [0, 0.05) is 30.1 Å². The smallest absolute Gasteiger partial charge is 0.0221 e. The van der Waals surface area contributed by atoms with E-state index in [1.54, 1.807) is 0 Å². The van der Waals surface area contributed by atoms with Crippen molar-refractivity contribution in [2.24, 2.45) is 0 Å². The molecule has 0 bridgehead atoms. The molecule has 1 aliphatic heterocycles. The van der Waals surface area contributed by atoms with E-state index in [-0.39, 0.29) is 0 Å². The number of aryl methyl sites for hydroxylation is 1. The van der Waals surface area contributed by atoms with Gasteiger partial charge in [-0.2, -0.15) is 0 Å². The number of benzene rings is 1. The second-order valence-electron chi connectivity index (χ2n) is 4.47. The molecule has 0 radical (unpaired) electrons. The van der Waals surface area contributed by atoms with E-state index in [0.717, 1.165) is 19.5 Å². The van der Waals surface area contributed by atoms with Crippen LogP contribution in [0.3, 0.4) is 0 Å². The highest BCUT2D eigenvalue weighted by Gasteiger charge is 2.18. The van der Waals surface area contributed by atoms with Crippen molar-refractivity contribution in [2.75, 3.05) is 26.7 Å². The fraction of sp³-hybridized carbons (Fsp3) is 0.538. The number of halogens is 1. The number of nitrogens with one attached hydrogen (secondary N) is 1. The van der Waals surface area contributed by atoms with Crippen LogP contribution in [0.25, 0.3) is 0 Å². The van der Waals surface area contributed by atoms with E-state index in [0.29, 0.717) is 6.04 Å². The summed E-state index contributed by atoms with van der Waals surface area (Å²) < 4.78 is 1.24. The van der Waals surface area contributed by atoms with Crippen LogP contribution in [-0.2, 0) is 6.42 Å². The molecule has 0 spiro atoms. The van der Waals surface area contributed by atoms with E-state index in [2.05, 4.69) is 57.5 Å². The molecule has 1 unspecified atom stereocenters. The minimum absolute atomic E-state index is 0.681. The van der Waals surface area contributed by atoms with Crippen molar-refractivity contribution in [1.82, 2.24) is 10.2 Å². The van der Waals surface area contributed by atoms with Crippen molar-refractivity contribution in [3.63, 3.8) is 0 Å². The van der Waals surface area contributed by atoms with Crippen LogP contribution in [0.2, 0.25) is 0 Å². The Morgan fingerprint density at radius 2 is 2.25 bits per heavy atom. The lowest BCUT2D eigenvalue weighted by Gasteiger charge is -2.33. The first-order valence-corrected chi connectivity index (χ1v) is 6.71. The van der Waals surface area contributed by atoms with E-state index >= 15 is 0 Å². The topological polar surface area (TPSA) is 15.3 Å². The largest absolute Gasteiger partial charge is 0.314 e. The van der Waals surface area contributed by atoms with Gasteiger partial charge < -0.3 is 10.2 Å². The molecule has 1 aliphatic rings. The third-order valence-corrected chi connectivity index (χ3v) is 4.12. The van der Waals surface area contributed by atoms with E-state index < -0.39 is 0 Å². The van der Waals surface area contributed by atoms with Crippen LogP contribution in [0.4, 0.5) is 0 Å². The van der Waals surface area contributed by atoms with Gasteiger partial charge in [0.05, 0.1) is 0 Å². The fourth-order valence-electron chi connectivity index (χ4n) is 2.21. The lowest BCUT2D eigenvalue weighted by atomic mass is 10.0. The van der Waals surface area contributed by atoms with Gasteiger partial charge in [-0.3, -0.25) is 0 Å². The quantitative estimate of drug-likeness (QED) is 0.915. The standard InChI is InChI=1S/C13H19BrN2/c1-16-9-8-15-10-12(16)7-6-11-4-2-3-5-13(11)14/h2-5,12,15H,6-10H2,1H3. The van der Waals surface area contributed by atoms with Gasteiger partial charge in [-0.1, -0.05) is 34.1 Å². The molecule has 1 saturated heterocycles. The van der Waals surface area contributed by atoms with E-state index in [4.69, 9.17) is 0 Å². The minimum atomic E-state index is 0.681. The molecular formula is C13H19BrN2. The Balaban J connectivity index is 1.89. The van der Waals surface area contributed by atoms with Crippen molar-refractivity contribution in [3.05, 3.63) is 34.3 Å². The summed E-state index contributed by atoms with van der Waals surface area (Å²) in [6, 6.07) is 9.20. The van der Waals surface area contributed by atoms with Gasteiger partial charge in [0.15, 0.2) is 0 Å². The first-order chi connectivity index (χ1) is 7.77. The summed E-state index contributed by atoms with van der Waals surface area (Å²) in [6.45, 7) is 3.42. The second kappa shape index (κ2) is 5.80. The van der Waals surface area contributed by atoms with Gasteiger partial charge in [-0.15, -0.1) is 0 Å². The molecule has 2 rings (SSSR count). The molecule has 1 aromatic carbocycles. The lowest BCUT2D eigenvalue weighted by Crippen LogP contribution is -2.49.